The van der Waals surface area contributed by atoms with Crippen LogP contribution in [0.15, 0.2) is 18.2 Å². The first-order valence-corrected chi connectivity index (χ1v) is 10.7. The monoisotopic (exact) mass is 364 g/mol. The maximum absolute atomic E-state index is 13.6. The van der Waals surface area contributed by atoms with Crippen LogP contribution < -0.4 is 5.14 Å². The first-order valence-electron chi connectivity index (χ1n) is 9.47. The summed E-state index contributed by atoms with van der Waals surface area (Å²) in [5, 5.41) is 5.77. The third-order valence-electron chi connectivity index (χ3n) is 6.62. The fourth-order valence-corrected chi connectivity index (χ4v) is 5.47. The third kappa shape index (κ3) is 3.48. The fraction of sp³-hybridized carbons (Fsp3) is 0.700. The minimum atomic E-state index is -1.32. The summed E-state index contributed by atoms with van der Waals surface area (Å²) in [5.41, 5.74) is 2.76. The van der Waals surface area contributed by atoms with Gasteiger partial charge in [0.05, 0.1) is 0 Å². The van der Waals surface area contributed by atoms with Crippen molar-refractivity contribution < 1.29 is 8.94 Å². The second-order valence-electron chi connectivity index (χ2n) is 9.10. The number of benzene rings is 1. The molecule has 0 amide bonds. The van der Waals surface area contributed by atoms with Crippen LogP contribution in [0.3, 0.4) is 0 Å². The average Bonchev–Trinajstić information content (AvgIpc) is 3.29. The van der Waals surface area contributed by atoms with Crippen molar-refractivity contribution in [1.82, 2.24) is 4.90 Å². The number of halogens is 1. The van der Waals surface area contributed by atoms with Gasteiger partial charge < -0.3 is 4.55 Å². The van der Waals surface area contributed by atoms with Crippen LogP contribution in [-0.4, -0.2) is 32.8 Å². The van der Waals surface area contributed by atoms with Crippen LogP contribution in [0.2, 0.25) is 0 Å². The lowest BCUT2D eigenvalue weighted by molar-refractivity contribution is 0.0399. The summed E-state index contributed by atoms with van der Waals surface area (Å²) in [6, 6.07) is 6.44. The topological polar surface area (TPSA) is 52.3 Å². The summed E-state index contributed by atoms with van der Waals surface area (Å²) >= 11 is -1.32. The number of piperidine rings is 1. The standard InChI is InChI=1S/C20H29FN2OS/c1-19(2,25(22)24)12-18-13-20(7-8-23(18)17-5-6-17)10-14-3-4-16(21)9-15(14)11-20/h3-4,9,17-18H,5-8,10-13,22H2,1-2H3. The van der Waals surface area contributed by atoms with Gasteiger partial charge in [-0.05, 0) is 87.6 Å². The second-order valence-corrected chi connectivity index (χ2v) is 10.8. The maximum Gasteiger partial charge on any atom is 0.140 e. The van der Waals surface area contributed by atoms with E-state index in [2.05, 4.69) is 4.90 Å². The molecule has 1 aromatic carbocycles. The lowest BCUT2D eigenvalue weighted by Crippen LogP contribution is -2.52. The fourth-order valence-electron chi connectivity index (χ4n) is 5.12. The number of rotatable bonds is 4. The van der Waals surface area contributed by atoms with Gasteiger partial charge in [0, 0.05) is 29.9 Å². The Hall–Kier alpha value is -0.620. The Bertz CT molecular complexity index is 661. The van der Waals surface area contributed by atoms with E-state index >= 15 is 0 Å². The molecule has 1 aromatic rings. The lowest BCUT2D eigenvalue weighted by atomic mass is 9.71. The largest absolute Gasteiger partial charge is 0.598 e. The molecule has 1 aliphatic heterocycles. The van der Waals surface area contributed by atoms with E-state index in [9.17, 15) is 8.94 Å². The molecule has 1 spiro atoms. The van der Waals surface area contributed by atoms with Gasteiger partial charge >= 0.3 is 0 Å². The summed E-state index contributed by atoms with van der Waals surface area (Å²) < 4.78 is 25.2. The van der Waals surface area contributed by atoms with Crippen LogP contribution in [0, 0.1) is 11.2 Å². The molecule has 1 saturated carbocycles. The van der Waals surface area contributed by atoms with Crippen LogP contribution in [0.1, 0.15) is 57.1 Å². The molecule has 3 unspecified atom stereocenters. The molecule has 0 radical (unpaired) electrons. The van der Waals surface area contributed by atoms with Gasteiger partial charge in [-0.25, -0.2) is 4.39 Å². The van der Waals surface area contributed by atoms with Gasteiger partial charge in [-0.15, -0.1) is 0 Å². The van der Waals surface area contributed by atoms with Gasteiger partial charge in [-0.3, -0.25) is 4.90 Å². The Labute approximate surface area is 153 Å². The van der Waals surface area contributed by atoms with E-state index in [-0.39, 0.29) is 16.0 Å². The Morgan fingerprint density at radius 3 is 2.72 bits per heavy atom. The number of hydrogen-bond acceptors (Lipinski definition) is 3. The molecule has 138 valence electrons. The van der Waals surface area contributed by atoms with E-state index in [0.29, 0.717) is 12.1 Å². The highest BCUT2D eigenvalue weighted by Crippen LogP contribution is 2.49. The zero-order chi connectivity index (χ0) is 17.8. The van der Waals surface area contributed by atoms with Crippen molar-refractivity contribution >= 4 is 11.4 Å². The molecular formula is C20H29FN2OS. The van der Waals surface area contributed by atoms with Gasteiger partial charge in [0.1, 0.15) is 10.6 Å². The highest BCUT2D eigenvalue weighted by atomic mass is 32.2. The molecule has 3 nitrogen and oxygen atoms in total. The molecule has 4 rings (SSSR count). The van der Waals surface area contributed by atoms with Crippen molar-refractivity contribution in [2.24, 2.45) is 10.6 Å². The summed E-state index contributed by atoms with van der Waals surface area (Å²) in [6.45, 7) is 5.15. The van der Waals surface area contributed by atoms with Crippen molar-refractivity contribution in [2.75, 3.05) is 6.54 Å². The minimum absolute atomic E-state index is 0.123. The first-order chi connectivity index (χ1) is 11.8. The molecule has 0 aromatic heterocycles. The summed E-state index contributed by atoms with van der Waals surface area (Å²) in [4.78, 5) is 2.66. The Kier molecular flexibility index (Phi) is 4.42. The molecule has 1 heterocycles. The second kappa shape index (κ2) is 6.22. The first kappa shape index (κ1) is 17.8. The molecule has 2 fully saturated rings. The predicted molar refractivity (Wildman–Crippen MR) is 100 cm³/mol. The van der Waals surface area contributed by atoms with Crippen molar-refractivity contribution in [1.29, 1.82) is 0 Å². The lowest BCUT2D eigenvalue weighted by Gasteiger charge is -2.47. The van der Waals surface area contributed by atoms with Gasteiger partial charge in [0.25, 0.3) is 0 Å². The van der Waals surface area contributed by atoms with Gasteiger partial charge in [0.2, 0.25) is 0 Å². The normalized spacial score (nSPS) is 31.3. The number of nitrogens with zero attached hydrogens (tertiary/aromatic N) is 1. The number of hydrogen-bond donors (Lipinski definition) is 1. The molecular weight excluding hydrogens is 335 g/mol. The zero-order valence-corrected chi connectivity index (χ0v) is 16.1. The van der Waals surface area contributed by atoms with Crippen LogP contribution in [0.4, 0.5) is 4.39 Å². The third-order valence-corrected chi connectivity index (χ3v) is 7.88. The Morgan fingerprint density at radius 2 is 2.04 bits per heavy atom. The van der Waals surface area contributed by atoms with E-state index < -0.39 is 11.4 Å². The molecule has 3 atom stereocenters. The summed E-state index contributed by atoms with van der Waals surface area (Å²) in [5.74, 6) is -0.123. The Morgan fingerprint density at radius 1 is 1.32 bits per heavy atom. The molecule has 3 aliphatic rings. The number of fused-ring (bicyclic) bond motifs is 1. The van der Waals surface area contributed by atoms with Gasteiger partial charge in [-0.1, -0.05) is 6.07 Å². The summed E-state index contributed by atoms with van der Waals surface area (Å²) in [7, 11) is 0. The number of nitrogens with two attached hydrogens (primary N) is 1. The highest BCUT2D eigenvalue weighted by molar-refractivity contribution is 7.90. The van der Waals surface area contributed by atoms with Crippen LogP contribution in [0.5, 0.6) is 0 Å². The van der Waals surface area contributed by atoms with Crippen molar-refractivity contribution in [2.45, 2.75) is 75.6 Å². The van der Waals surface area contributed by atoms with Crippen LogP contribution in [0.25, 0.3) is 0 Å². The quantitative estimate of drug-likeness (QED) is 0.834. The SMILES string of the molecule is CC(C)(CC1CC2(CCN1C1CC1)Cc1ccc(F)cc1C2)[S+](N)[O-]. The molecule has 1 saturated heterocycles. The van der Waals surface area contributed by atoms with E-state index in [4.69, 9.17) is 5.14 Å². The van der Waals surface area contributed by atoms with Gasteiger partial charge in [-0.2, -0.15) is 5.14 Å². The minimum Gasteiger partial charge on any atom is -0.598 e. The molecule has 2 N–H and O–H groups in total. The number of likely N-dealkylation sites (tertiary alicyclic amines) is 1. The molecule has 0 bridgehead atoms. The van der Waals surface area contributed by atoms with E-state index in [1.807, 2.05) is 19.9 Å². The molecule has 25 heavy (non-hydrogen) atoms. The van der Waals surface area contributed by atoms with Crippen molar-refractivity contribution in [3.05, 3.63) is 35.1 Å². The van der Waals surface area contributed by atoms with E-state index in [0.717, 1.165) is 32.2 Å². The van der Waals surface area contributed by atoms with E-state index in [1.54, 1.807) is 12.1 Å². The average molecular weight is 365 g/mol. The highest BCUT2D eigenvalue weighted by Gasteiger charge is 2.49. The van der Waals surface area contributed by atoms with Crippen molar-refractivity contribution in [3.8, 4) is 0 Å². The van der Waals surface area contributed by atoms with E-state index in [1.165, 1.54) is 30.4 Å². The Balaban J connectivity index is 1.55. The zero-order valence-electron chi connectivity index (χ0n) is 15.3. The van der Waals surface area contributed by atoms with Crippen molar-refractivity contribution in [3.63, 3.8) is 0 Å². The van der Waals surface area contributed by atoms with Gasteiger partial charge in [0.15, 0.2) is 0 Å². The van der Waals surface area contributed by atoms with Crippen LogP contribution >= 0.6 is 0 Å². The smallest absolute Gasteiger partial charge is 0.140 e. The predicted octanol–water partition coefficient (Wildman–Crippen LogP) is 3.33. The summed E-state index contributed by atoms with van der Waals surface area (Å²) in [6.07, 6.45) is 7.80. The van der Waals surface area contributed by atoms with Crippen LogP contribution in [-0.2, 0) is 24.2 Å². The maximum atomic E-state index is 13.6. The molecule has 2 aliphatic carbocycles. The molecule has 5 heteroatoms.